The molecule has 0 bridgehead atoms. The molecule has 0 N–H and O–H groups in total. The average Bonchev–Trinajstić information content (AvgIpc) is 2.29. The monoisotopic (exact) mass is 220 g/mol. The summed E-state index contributed by atoms with van der Waals surface area (Å²) < 4.78 is 0. The van der Waals surface area contributed by atoms with Crippen LogP contribution in [0.25, 0.3) is 0 Å². The van der Waals surface area contributed by atoms with Gasteiger partial charge in [0.05, 0.1) is 0 Å². The first kappa shape index (κ1) is 12.2. The Bertz CT molecular complexity index is 248. The highest BCUT2D eigenvalue weighted by molar-refractivity contribution is 5.14. The van der Waals surface area contributed by atoms with E-state index in [0.29, 0.717) is 5.41 Å². The predicted octanol–water partition coefficient (Wildman–Crippen LogP) is 5.34. The van der Waals surface area contributed by atoms with Crippen LogP contribution < -0.4 is 0 Å². The minimum Gasteiger partial charge on any atom is -0.0845 e. The lowest BCUT2D eigenvalue weighted by atomic mass is 9.71. The van der Waals surface area contributed by atoms with E-state index in [2.05, 4.69) is 26.8 Å². The molecule has 92 valence electrons. The highest BCUT2D eigenvalue weighted by Crippen LogP contribution is 2.41. The van der Waals surface area contributed by atoms with Gasteiger partial charge in [0.1, 0.15) is 0 Å². The third-order valence-electron chi connectivity index (χ3n) is 4.73. The minimum absolute atomic E-state index is 0.414. The highest BCUT2D eigenvalue weighted by Gasteiger charge is 2.27. The van der Waals surface area contributed by atoms with Gasteiger partial charge in [0.15, 0.2) is 0 Å². The minimum atomic E-state index is 0.414. The third-order valence-corrected chi connectivity index (χ3v) is 4.73. The molecule has 0 aromatic carbocycles. The van der Waals surface area contributed by atoms with E-state index in [1.54, 1.807) is 5.57 Å². The molecule has 0 saturated heterocycles. The fourth-order valence-corrected chi connectivity index (χ4v) is 3.57. The lowest BCUT2D eigenvalue weighted by Crippen LogP contribution is -2.22. The molecule has 0 aliphatic heterocycles. The van der Waals surface area contributed by atoms with E-state index < -0.39 is 0 Å². The van der Waals surface area contributed by atoms with Crippen molar-refractivity contribution < 1.29 is 0 Å². The quantitative estimate of drug-likeness (QED) is 0.523. The predicted molar refractivity (Wildman–Crippen MR) is 71.5 cm³/mol. The maximum absolute atomic E-state index is 2.57. The molecule has 0 aromatic heterocycles. The van der Waals surface area contributed by atoms with Crippen molar-refractivity contribution in [2.24, 2.45) is 17.3 Å². The lowest BCUT2D eigenvalue weighted by molar-refractivity contribution is 0.226. The van der Waals surface area contributed by atoms with Crippen LogP contribution in [-0.2, 0) is 0 Å². The van der Waals surface area contributed by atoms with Crippen molar-refractivity contribution in [3.05, 3.63) is 11.6 Å². The van der Waals surface area contributed by atoms with Crippen LogP contribution in [0.4, 0.5) is 0 Å². The molecule has 0 spiro atoms. The van der Waals surface area contributed by atoms with Crippen LogP contribution in [0.3, 0.4) is 0 Å². The van der Waals surface area contributed by atoms with Gasteiger partial charge in [0.2, 0.25) is 0 Å². The molecule has 0 heteroatoms. The molecule has 0 aromatic rings. The molecular formula is C16H28. The molecule has 2 aliphatic carbocycles. The van der Waals surface area contributed by atoms with Gasteiger partial charge in [-0.2, -0.15) is 0 Å². The van der Waals surface area contributed by atoms with Gasteiger partial charge in [-0.15, -0.1) is 0 Å². The van der Waals surface area contributed by atoms with Crippen molar-refractivity contribution in [1.29, 1.82) is 0 Å². The Hall–Kier alpha value is -0.260. The number of allylic oxidation sites excluding steroid dienone is 2. The van der Waals surface area contributed by atoms with E-state index in [-0.39, 0.29) is 0 Å². The summed E-state index contributed by atoms with van der Waals surface area (Å²) in [5, 5.41) is 0. The summed E-state index contributed by atoms with van der Waals surface area (Å²) in [7, 11) is 0. The van der Waals surface area contributed by atoms with E-state index in [0.717, 1.165) is 11.8 Å². The summed E-state index contributed by atoms with van der Waals surface area (Å²) in [5.41, 5.74) is 2.12. The Morgan fingerprint density at radius 3 is 2.12 bits per heavy atom. The fourth-order valence-electron chi connectivity index (χ4n) is 3.57. The smallest absolute Gasteiger partial charge is 0.0173 e. The molecule has 1 fully saturated rings. The molecule has 0 amide bonds. The van der Waals surface area contributed by atoms with E-state index in [9.17, 15) is 0 Å². The van der Waals surface area contributed by atoms with Crippen LogP contribution in [0.2, 0.25) is 0 Å². The number of hydrogen-bond acceptors (Lipinski definition) is 0. The van der Waals surface area contributed by atoms with Gasteiger partial charge < -0.3 is 0 Å². The summed E-state index contributed by atoms with van der Waals surface area (Å²) >= 11 is 0. The van der Waals surface area contributed by atoms with Gasteiger partial charge in [-0.1, -0.05) is 64.5 Å². The van der Waals surface area contributed by atoms with Crippen LogP contribution in [0.15, 0.2) is 11.6 Å². The molecule has 16 heavy (non-hydrogen) atoms. The topological polar surface area (TPSA) is 0 Å². The Balaban J connectivity index is 1.91. The molecule has 2 rings (SSSR count). The van der Waals surface area contributed by atoms with Crippen LogP contribution in [0.5, 0.6) is 0 Å². The lowest BCUT2D eigenvalue weighted by Gasteiger charge is -2.35. The van der Waals surface area contributed by atoms with E-state index in [4.69, 9.17) is 0 Å². The second kappa shape index (κ2) is 4.94. The van der Waals surface area contributed by atoms with E-state index >= 15 is 0 Å². The second-order valence-electron chi connectivity index (χ2n) is 6.91. The van der Waals surface area contributed by atoms with Crippen molar-refractivity contribution in [2.75, 3.05) is 0 Å². The molecular weight excluding hydrogens is 192 g/mol. The zero-order chi connectivity index (χ0) is 11.6. The standard InChI is InChI=1S/C16H28/c1-16(2,3)15-11-9-14(10-12-15)13-7-5-4-6-8-13/h11,13-14H,4-10,12H2,1-3H3. The summed E-state index contributed by atoms with van der Waals surface area (Å²) in [4.78, 5) is 0. The second-order valence-corrected chi connectivity index (χ2v) is 6.91. The number of hydrogen-bond donors (Lipinski definition) is 0. The van der Waals surface area contributed by atoms with Crippen molar-refractivity contribution in [3.8, 4) is 0 Å². The van der Waals surface area contributed by atoms with Crippen LogP contribution >= 0.6 is 0 Å². The summed E-state index contributed by atoms with van der Waals surface area (Å²) in [6.45, 7) is 7.08. The molecule has 0 heterocycles. The van der Waals surface area contributed by atoms with Gasteiger partial charge in [-0.05, 0) is 36.5 Å². The maximum Gasteiger partial charge on any atom is -0.0173 e. The van der Waals surface area contributed by atoms with Gasteiger partial charge in [-0.3, -0.25) is 0 Å². The molecule has 1 atom stereocenters. The van der Waals surface area contributed by atoms with Crippen LogP contribution in [0.1, 0.15) is 72.1 Å². The Labute approximate surface area is 102 Å². The Morgan fingerprint density at radius 2 is 1.62 bits per heavy atom. The molecule has 1 saturated carbocycles. The first-order chi connectivity index (χ1) is 7.57. The van der Waals surface area contributed by atoms with Gasteiger partial charge in [0, 0.05) is 0 Å². The van der Waals surface area contributed by atoms with Crippen molar-refractivity contribution >= 4 is 0 Å². The molecule has 1 unspecified atom stereocenters. The van der Waals surface area contributed by atoms with Crippen molar-refractivity contribution in [1.82, 2.24) is 0 Å². The van der Waals surface area contributed by atoms with Crippen LogP contribution in [0, 0.1) is 17.3 Å². The zero-order valence-corrected chi connectivity index (χ0v) is 11.4. The Morgan fingerprint density at radius 1 is 0.938 bits per heavy atom. The first-order valence-electron chi connectivity index (χ1n) is 7.27. The molecule has 2 aliphatic rings. The van der Waals surface area contributed by atoms with E-state index in [1.807, 2.05) is 0 Å². The highest BCUT2D eigenvalue weighted by atomic mass is 14.3. The molecule has 0 nitrogen and oxygen atoms in total. The SMILES string of the molecule is CC(C)(C)C1=CCC(C2CCCCC2)CC1. The number of rotatable bonds is 1. The summed E-state index contributed by atoms with van der Waals surface area (Å²) in [6.07, 6.45) is 14.3. The zero-order valence-electron chi connectivity index (χ0n) is 11.4. The third kappa shape index (κ3) is 2.90. The Kier molecular flexibility index (Phi) is 3.77. The fraction of sp³-hybridized carbons (Fsp3) is 0.875. The van der Waals surface area contributed by atoms with Gasteiger partial charge in [0.25, 0.3) is 0 Å². The largest absolute Gasteiger partial charge is 0.0845 e. The first-order valence-corrected chi connectivity index (χ1v) is 7.27. The van der Waals surface area contributed by atoms with Crippen molar-refractivity contribution in [2.45, 2.75) is 72.1 Å². The average molecular weight is 220 g/mol. The molecule has 0 radical (unpaired) electrons. The summed E-state index contributed by atoms with van der Waals surface area (Å²) in [5.74, 6) is 2.08. The van der Waals surface area contributed by atoms with E-state index in [1.165, 1.54) is 51.4 Å². The maximum atomic E-state index is 2.57. The van der Waals surface area contributed by atoms with Gasteiger partial charge in [-0.25, -0.2) is 0 Å². The van der Waals surface area contributed by atoms with Crippen molar-refractivity contribution in [3.63, 3.8) is 0 Å². The normalized spacial score (nSPS) is 28.9. The van der Waals surface area contributed by atoms with Crippen LogP contribution in [-0.4, -0.2) is 0 Å². The van der Waals surface area contributed by atoms with Gasteiger partial charge >= 0.3 is 0 Å². The summed E-state index contributed by atoms with van der Waals surface area (Å²) in [6, 6.07) is 0.